The van der Waals surface area contributed by atoms with Crippen LogP contribution in [0.25, 0.3) is 0 Å². The summed E-state index contributed by atoms with van der Waals surface area (Å²) < 4.78 is 0. The summed E-state index contributed by atoms with van der Waals surface area (Å²) in [5.74, 6) is -0.111. The summed E-state index contributed by atoms with van der Waals surface area (Å²) in [5, 5.41) is 0. The maximum absolute atomic E-state index is 12.8. The van der Waals surface area contributed by atoms with E-state index in [-0.39, 0.29) is 18.4 Å². The third kappa shape index (κ3) is 5.73. The molecule has 0 heterocycles. The minimum Gasteiger partial charge on any atom is -0.334 e. The molecule has 138 valence electrons. The van der Waals surface area contributed by atoms with E-state index in [4.69, 9.17) is 0 Å². The number of hydrogen-bond acceptors (Lipinski definition) is 2. The van der Waals surface area contributed by atoms with Gasteiger partial charge in [0.15, 0.2) is 0 Å². The van der Waals surface area contributed by atoms with Crippen molar-refractivity contribution in [3.05, 3.63) is 65.7 Å². The van der Waals surface area contributed by atoms with E-state index >= 15 is 0 Å². The zero-order chi connectivity index (χ0) is 18.9. The smallest absolute Gasteiger partial charge is 0.246 e. The largest absolute Gasteiger partial charge is 0.334 e. The Labute approximate surface area is 156 Å². The molecule has 2 amide bonds. The molecule has 0 bridgehead atoms. The van der Waals surface area contributed by atoms with E-state index in [0.717, 1.165) is 24.1 Å². The fourth-order valence-electron chi connectivity index (χ4n) is 3.01. The number of aryl methyl sites for hydroxylation is 2. The maximum Gasteiger partial charge on any atom is 0.246 e. The molecule has 0 saturated heterocycles. The summed E-state index contributed by atoms with van der Waals surface area (Å²) in [6.45, 7) is 6.77. The summed E-state index contributed by atoms with van der Waals surface area (Å²) in [7, 11) is 0. The fraction of sp³-hybridized carbons (Fsp3) is 0.364. The molecule has 0 aromatic heterocycles. The lowest BCUT2D eigenvalue weighted by atomic mass is 10.1. The minimum absolute atomic E-state index is 0.0481. The molecule has 2 aromatic rings. The highest BCUT2D eigenvalue weighted by atomic mass is 16.2. The first-order chi connectivity index (χ1) is 12.5. The van der Waals surface area contributed by atoms with Gasteiger partial charge in [-0.2, -0.15) is 0 Å². The maximum atomic E-state index is 12.8. The molecule has 0 aliphatic rings. The molecule has 0 spiro atoms. The second-order valence-electron chi connectivity index (χ2n) is 6.51. The van der Waals surface area contributed by atoms with Gasteiger partial charge in [-0.1, -0.05) is 42.5 Å². The first kappa shape index (κ1) is 19.7. The van der Waals surface area contributed by atoms with E-state index in [2.05, 4.69) is 12.1 Å². The highest BCUT2D eigenvalue weighted by molar-refractivity contribution is 5.96. The van der Waals surface area contributed by atoms with E-state index in [0.29, 0.717) is 13.1 Å². The first-order valence-electron chi connectivity index (χ1n) is 9.17. The van der Waals surface area contributed by atoms with Gasteiger partial charge in [0.2, 0.25) is 11.8 Å². The van der Waals surface area contributed by atoms with Gasteiger partial charge in [0.05, 0.1) is 0 Å². The molecule has 2 aromatic carbocycles. The molecule has 0 fully saturated rings. The summed E-state index contributed by atoms with van der Waals surface area (Å²) in [4.78, 5) is 28.1. The number of anilines is 1. The van der Waals surface area contributed by atoms with Gasteiger partial charge in [0.1, 0.15) is 6.54 Å². The Hall–Kier alpha value is -2.62. The van der Waals surface area contributed by atoms with Crippen LogP contribution in [0, 0.1) is 6.92 Å². The lowest BCUT2D eigenvalue weighted by molar-refractivity contribution is -0.133. The Bertz CT molecular complexity index is 728. The third-order valence-electron chi connectivity index (χ3n) is 4.44. The van der Waals surface area contributed by atoms with Crippen LogP contribution in [0.1, 0.15) is 31.4 Å². The van der Waals surface area contributed by atoms with Crippen LogP contribution in [0.5, 0.6) is 0 Å². The molecule has 4 nitrogen and oxygen atoms in total. The van der Waals surface area contributed by atoms with Crippen LogP contribution in [0.3, 0.4) is 0 Å². The van der Waals surface area contributed by atoms with Crippen LogP contribution in [0.2, 0.25) is 0 Å². The number of hydrogen-bond donors (Lipinski definition) is 0. The second-order valence-corrected chi connectivity index (χ2v) is 6.51. The molecular formula is C22H28N2O2. The van der Waals surface area contributed by atoms with Gasteiger partial charge >= 0.3 is 0 Å². The van der Waals surface area contributed by atoms with Crippen LogP contribution in [-0.4, -0.2) is 36.3 Å². The normalized spacial score (nSPS) is 10.4. The first-order valence-corrected chi connectivity index (χ1v) is 9.17. The van der Waals surface area contributed by atoms with Gasteiger partial charge < -0.3 is 9.80 Å². The predicted molar refractivity (Wildman–Crippen MR) is 106 cm³/mol. The van der Waals surface area contributed by atoms with Crippen molar-refractivity contribution in [3.8, 4) is 0 Å². The van der Waals surface area contributed by atoms with Crippen LogP contribution in [0.4, 0.5) is 5.69 Å². The van der Waals surface area contributed by atoms with Gasteiger partial charge in [0.25, 0.3) is 0 Å². The number of rotatable bonds is 8. The third-order valence-corrected chi connectivity index (χ3v) is 4.44. The SMILES string of the molecule is CCN(C(=O)CN(CCCc1ccccc1)C(C)=O)c1cccc(C)c1. The van der Waals surface area contributed by atoms with Crippen molar-refractivity contribution >= 4 is 17.5 Å². The second kappa shape index (κ2) is 9.76. The molecule has 0 aliphatic carbocycles. The van der Waals surface area contributed by atoms with Crippen molar-refractivity contribution in [2.75, 3.05) is 24.5 Å². The highest BCUT2D eigenvalue weighted by Gasteiger charge is 2.19. The van der Waals surface area contributed by atoms with E-state index < -0.39 is 0 Å². The topological polar surface area (TPSA) is 40.6 Å². The van der Waals surface area contributed by atoms with E-state index in [1.165, 1.54) is 12.5 Å². The molecule has 0 aliphatic heterocycles. The highest BCUT2D eigenvalue weighted by Crippen LogP contribution is 2.16. The Morgan fingerprint density at radius 3 is 2.35 bits per heavy atom. The van der Waals surface area contributed by atoms with Crippen molar-refractivity contribution in [2.45, 2.75) is 33.6 Å². The number of likely N-dealkylation sites (N-methyl/N-ethyl adjacent to an activating group) is 1. The monoisotopic (exact) mass is 352 g/mol. The van der Waals surface area contributed by atoms with Gasteiger partial charge in [0, 0.05) is 25.7 Å². The Morgan fingerprint density at radius 2 is 1.73 bits per heavy atom. The molecule has 0 N–H and O–H groups in total. The van der Waals surface area contributed by atoms with Gasteiger partial charge in [-0.05, 0) is 49.9 Å². The van der Waals surface area contributed by atoms with E-state index in [1.807, 2.05) is 56.3 Å². The summed E-state index contributed by atoms with van der Waals surface area (Å²) in [6, 6.07) is 18.1. The Morgan fingerprint density at radius 1 is 1.00 bits per heavy atom. The molecule has 0 atom stereocenters. The van der Waals surface area contributed by atoms with E-state index in [1.54, 1.807) is 9.80 Å². The lowest BCUT2D eigenvalue weighted by Crippen LogP contribution is -2.42. The zero-order valence-corrected chi connectivity index (χ0v) is 15.9. The molecule has 0 unspecified atom stereocenters. The number of benzene rings is 2. The molecule has 2 rings (SSSR count). The molecule has 26 heavy (non-hydrogen) atoms. The van der Waals surface area contributed by atoms with Crippen molar-refractivity contribution in [1.29, 1.82) is 0 Å². The van der Waals surface area contributed by atoms with Gasteiger partial charge in [-0.3, -0.25) is 9.59 Å². The summed E-state index contributed by atoms with van der Waals surface area (Å²) >= 11 is 0. The van der Waals surface area contributed by atoms with Crippen LogP contribution < -0.4 is 4.90 Å². The van der Waals surface area contributed by atoms with Crippen LogP contribution >= 0.6 is 0 Å². The molecule has 4 heteroatoms. The predicted octanol–water partition coefficient (Wildman–Crippen LogP) is 3.83. The molecular weight excluding hydrogens is 324 g/mol. The quantitative estimate of drug-likeness (QED) is 0.724. The van der Waals surface area contributed by atoms with Crippen LogP contribution in [0.15, 0.2) is 54.6 Å². The van der Waals surface area contributed by atoms with Crippen molar-refractivity contribution in [1.82, 2.24) is 4.90 Å². The van der Waals surface area contributed by atoms with Crippen molar-refractivity contribution < 1.29 is 9.59 Å². The Kier molecular flexibility index (Phi) is 7.39. The number of carbonyl (C=O) groups is 2. The molecule has 0 saturated carbocycles. The average Bonchev–Trinajstić information content (AvgIpc) is 2.62. The van der Waals surface area contributed by atoms with Crippen molar-refractivity contribution in [2.24, 2.45) is 0 Å². The standard InChI is InChI=1S/C22H28N2O2/c1-4-24(21-14-8-10-18(2)16-21)22(26)17-23(19(3)25)15-9-13-20-11-6-5-7-12-20/h5-8,10-12,14,16H,4,9,13,15,17H2,1-3H3. The lowest BCUT2D eigenvalue weighted by Gasteiger charge is -2.26. The van der Waals surface area contributed by atoms with Gasteiger partial charge in [-0.25, -0.2) is 0 Å². The summed E-state index contributed by atoms with van der Waals surface area (Å²) in [5.41, 5.74) is 3.24. The number of nitrogens with zero attached hydrogens (tertiary/aromatic N) is 2. The number of amides is 2. The summed E-state index contributed by atoms with van der Waals surface area (Å²) in [6.07, 6.45) is 1.74. The molecule has 0 radical (unpaired) electrons. The minimum atomic E-state index is -0.0632. The Balaban J connectivity index is 1.96. The van der Waals surface area contributed by atoms with Gasteiger partial charge in [-0.15, -0.1) is 0 Å². The fourth-order valence-corrected chi connectivity index (χ4v) is 3.01. The zero-order valence-electron chi connectivity index (χ0n) is 15.9. The van der Waals surface area contributed by atoms with Crippen molar-refractivity contribution in [3.63, 3.8) is 0 Å². The van der Waals surface area contributed by atoms with Crippen LogP contribution in [-0.2, 0) is 16.0 Å². The number of carbonyl (C=O) groups excluding carboxylic acids is 2. The van der Waals surface area contributed by atoms with E-state index in [9.17, 15) is 9.59 Å². The average molecular weight is 352 g/mol.